The molecule has 0 spiro atoms. The fourth-order valence-corrected chi connectivity index (χ4v) is 3.53. The van der Waals surface area contributed by atoms with Gasteiger partial charge in [0.15, 0.2) is 0 Å². The van der Waals surface area contributed by atoms with E-state index in [1.54, 1.807) is 12.1 Å². The van der Waals surface area contributed by atoms with Gasteiger partial charge in [-0.2, -0.15) is 4.72 Å². The largest absolute Gasteiger partial charge is 0.497 e. The Kier molecular flexibility index (Phi) is 6.17. The van der Waals surface area contributed by atoms with Crippen molar-refractivity contribution in [3.63, 3.8) is 0 Å². The molecule has 0 heterocycles. The van der Waals surface area contributed by atoms with Crippen molar-refractivity contribution in [1.29, 1.82) is 0 Å². The number of ether oxygens (including phenoxy) is 2. The summed E-state index contributed by atoms with van der Waals surface area (Å²) in [6, 6.07) is 8.70. The van der Waals surface area contributed by atoms with E-state index in [0.29, 0.717) is 5.75 Å². The van der Waals surface area contributed by atoms with Gasteiger partial charge in [0.25, 0.3) is 0 Å². The zero-order valence-corrected chi connectivity index (χ0v) is 15.3. The van der Waals surface area contributed by atoms with Crippen LogP contribution in [0.3, 0.4) is 0 Å². The van der Waals surface area contributed by atoms with E-state index in [9.17, 15) is 17.6 Å². The first kappa shape index (κ1) is 19.7. The fourth-order valence-electron chi connectivity index (χ4n) is 2.15. The van der Waals surface area contributed by atoms with Crippen molar-refractivity contribution < 1.29 is 27.1 Å². The topological polar surface area (TPSA) is 93.7 Å². The van der Waals surface area contributed by atoms with Gasteiger partial charge >= 0.3 is 0 Å². The van der Waals surface area contributed by atoms with Crippen LogP contribution in [0.2, 0.25) is 0 Å². The molecule has 0 aromatic heterocycles. The van der Waals surface area contributed by atoms with Gasteiger partial charge in [-0.15, -0.1) is 0 Å². The van der Waals surface area contributed by atoms with E-state index in [4.69, 9.17) is 9.47 Å². The van der Waals surface area contributed by atoms with Gasteiger partial charge in [-0.3, -0.25) is 4.79 Å². The molecule has 140 valence electrons. The molecule has 9 heteroatoms. The number of carbonyl (C=O) groups excluding carboxylic acids is 1. The Morgan fingerprint density at radius 3 is 2.42 bits per heavy atom. The molecule has 1 atom stereocenters. The third-order valence-electron chi connectivity index (χ3n) is 3.52. The number of nitrogens with one attached hydrogen (secondary N) is 2. The highest BCUT2D eigenvalue weighted by Gasteiger charge is 2.26. The van der Waals surface area contributed by atoms with Crippen LogP contribution >= 0.6 is 0 Å². The van der Waals surface area contributed by atoms with Crippen molar-refractivity contribution in [2.45, 2.75) is 17.9 Å². The van der Waals surface area contributed by atoms with E-state index in [1.165, 1.54) is 51.5 Å². The van der Waals surface area contributed by atoms with Gasteiger partial charge in [0.1, 0.15) is 22.2 Å². The monoisotopic (exact) mass is 382 g/mol. The van der Waals surface area contributed by atoms with Crippen LogP contribution in [0.15, 0.2) is 47.4 Å². The van der Waals surface area contributed by atoms with Crippen LogP contribution in [-0.4, -0.2) is 34.6 Å². The first-order valence-electron chi connectivity index (χ1n) is 7.58. The average molecular weight is 382 g/mol. The number of carbonyl (C=O) groups is 1. The van der Waals surface area contributed by atoms with E-state index in [-0.39, 0.29) is 16.3 Å². The molecule has 0 aliphatic rings. The smallest absolute Gasteiger partial charge is 0.245 e. The maximum absolute atomic E-state index is 13.6. The van der Waals surface area contributed by atoms with Crippen LogP contribution in [0.25, 0.3) is 0 Å². The van der Waals surface area contributed by atoms with Gasteiger partial charge in [0.05, 0.1) is 25.9 Å². The predicted molar refractivity (Wildman–Crippen MR) is 94.4 cm³/mol. The fraction of sp³-hybridized carbons (Fsp3) is 0.235. The molecule has 2 aromatic carbocycles. The lowest BCUT2D eigenvalue weighted by Gasteiger charge is -2.16. The average Bonchev–Trinajstić information content (AvgIpc) is 2.62. The number of hydrogen-bond acceptors (Lipinski definition) is 5. The van der Waals surface area contributed by atoms with Crippen LogP contribution < -0.4 is 19.5 Å². The Morgan fingerprint density at radius 2 is 1.81 bits per heavy atom. The Bertz CT molecular complexity index is 902. The summed E-state index contributed by atoms with van der Waals surface area (Å²) in [5.74, 6) is -0.916. The maximum atomic E-state index is 13.6. The Morgan fingerprint density at radius 1 is 1.12 bits per heavy atom. The van der Waals surface area contributed by atoms with Crippen LogP contribution in [0, 0.1) is 5.82 Å². The second-order valence-corrected chi connectivity index (χ2v) is 7.01. The first-order valence-corrected chi connectivity index (χ1v) is 9.06. The third kappa shape index (κ3) is 4.50. The minimum absolute atomic E-state index is 0.0393. The number of hydrogen-bond donors (Lipinski definition) is 2. The molecule has 2 aromatic rings. The molecule has 0 saturated heterocycles. The summed E-state index contributed by atoms with van der Waals surface area (Å²) in [6.07, 6.45) is 0. The second-order valence-electron chi connectivity index (χ2n) is 5.33. The van der Waals surface area contributed by atoms with Crippen molar-refractivity contribution in [2.75, 3.05) is 19.5 Å². The molecule has 1 unspecified atom stereocenters. The minimum Gasteiger partial charge on any atom is -0.497 e. The molecular weight excluding hydrogens is 363 g/mol. The summed E-state index contributed by atoms with van der Waals surface area (Å²) in [7, 11) is -1.36. The molecular formula is C17H19FN2O5S. The van der Waals surface area contributed by atoms with E-state index in [2.05, 4.69) is 10.0 Å². The Labute approximate surface area is 151 Å². The van der Waals surface area contributed by atoms with Crippen LogP contribution in [0.4, 0.5) is 10.1 Å². The summed E-state index contributed by atoms with van der Waals surface area (Å²) in [6.45, 7) is 1.35. The summed E-state index contributed by atoms with van der Waals surface area (Å²) >= 11 is 0. The molecule has 2 N–H and O–H groups in total. The molecule has 0 aliphatic heterocycles. The summed E-state index contributed by atoms with van der Waals surface area (Å²) in [5.41, 5.74) is -0.0393. The lowest BCUT2D eigenvalue weighted by atomic mass is 10.2. The van der Waals surface area contributed by atoms with E-state index >= 15 is 0 Å². The molecule has 1 amide bonds. The second kappa shape index (κ2) is 8.15. The number of anilines is 1. The highest BCUT2D eigenvalue weighted by Crippen LogP contribution is 2.28. The molecule has 0 aliphatic carbocycles. The van der Waals surface area contributed by atoms with Gasteiger partial charge in [-0.05, 0) is 31.2 Å². The third-order valence-corrected chi connectivity index (χ3v) is 5.08. The van der Waals surface area contributed by atoms with Crippen molar-refractivity contribution >= 4 is 21.6 Å². The van der Waals surface area contributed by atoms with E-state index < -0.39 is 27.8 Å². The van der Waals surface area contributed by atoms with Gasteiger partial charge in [0.2, 0.25) is 15.9 Å². The van der Waals surface area contributed by atoms with Gasteiger partial charge < -0.3 is 14.8 Å². The zero-order valence-electron chi connectivity index (χ0n) is 14.4. The Hall–Kier alpha value is -2.65. The summed E-state index contributed by atoms with van der Waals surface area (Å²) in [5, 5.41) is 2.34. The number of para-hydroxylation sites is 1. The standard InChI is InChI=1S/C17H19FN2O5S/c1-11(17(21)19-14-7-5-4-6-13(14)18)20-26(22,23)16-10-12(24-2)8-9-15(16)25-3/h4-11,20H,1-3H3,(H,19,21). The van der Waals surface area contributed by atoms with Gasteiger partial charge in [-0.1, -0.05) is 12.1 Å². The SMILES string of the molecule is COc1ccc(OC)c(S(=O)(=O)NC(C)C(=O)Nc2ccccc2F)c1. The van der Waals surface area contributed by atoms with Gasteiger partial charge in [-0.25, -0.2) is 12.8 Å². The summed E-state index contributed by atoms with van der Waals surface area (Å²) < 4.78 is 51.2. The zero-order chi connectivity index (χ0) is 19.3. The first-order chi connectivity index (χ1) is 12.3. The van der Waals surface area contributed by atoms with Crippen molar-refractivity contribution in [1.82, 2.24) is 4.72 Å². The number of sulfonamides is 1. The number of benzene rings is 2. The quantitative estimate of drug-likeness (QED) is 0.765. The number of methoxy groups -OCH3 is 2. The van der Waals surface area contributed by atoms with Crippen LogP contribution in [0.1, 0.15) is 6.92 Å². The summed E-state index contributed by atoms with van der Waals surface area (Å²) in [4.78, 5) is 12.0. The predicted octanol–water partition coefficient (Wildman–Crippen LogP) is 2.15. The lowest BCUT2D eigenvalue weighted by Crippen LogP contribution is -2.41. The maximum Gasteiger partial charge on any atom is 0.245 e. The molecule has 26 heavy (non-hydrogen) atoms. The van der Waals surface area contributed by atoms with Crippen LogP contribution in [-0.2, 0) is 14.8 Å². The van der Waals surface area contributed by atoms with Crippen molar-refractivity contribution in [2.24, 2.45) is 0 Å². The normalized spacial score (nSPS) is 12.3. The lowest BCUT2D eigenvalue weighted by molar-refractivity contribution is -0.117. The van der Waals surface area contributed by atoms with E-state index in [1.807, 2.05) is 0 Å². The molecule has 0 saturated carbocycles. The number of amides is 1. The van der Waals surface area contributed by atoms with E-state index in [0.717, 1.165) is 0 Å². The molecule has 2 rings (SSSR count). The molecule has 0 radical (unpaired) electrons. The molecule has 0 fully saturated rings. The minimum atomic E-state index is -4.09. The Balaban J connectivity index is 2.20. The van der Waals surface area contributed by atoms with Crippen molar-refractivity contribution in [3.8, 4) is 11.5 Å². The van der Waals surface area contributed by atoms with Gasteiger partial charge in [0, 0.05) is 6.07 Å². The highest BCUT2D eigenvalue weighted by molar-refractivity contribution is 7.89. The van der Waals surface area contributed by atoms with Crippen LogP contribution in [0.5, 0.6) is 11.5 Å². The molecule has 0 bridgehead atoms. The number of halogens is 1. The van der Waals surface area contributed by atoms with Crippen molar-refractivity contribution in [3.05, 3.63) is 48.3 Å². The number of rotatable bonds is 7. The molecule has 7 nitrogen and oxygen atoms in total. The highest BCUT2D eigenvalue weighted by atomic mass is 32.2.